The monoisotopic (exact) mass is 491 g/mol. The van der Waals surface area contributed by atoms with E-state index in [2.05, 4.69) is 26.5 Å². The number of nitrogens with two attached hydrogens (primary N) is 1. The molecule has 3 N–H and O–H groups in total. The molecule has 0 unspecified atom stereocenters. The number of rotatable bonds is 9. The third-order valence-corrected chi connectivity index (χ3v) is 6.64. The number of benzene rings is 1. The number of nitriles is 1. The molecule has 0 spiro atoms. The Bertz CT molecular complexity index is 1410. The molecule has 180 valence electrons. The third-order valence-electron chi connectivity index (χ3n) is 5.46. The maximum atomic E-state index is 12.9. The predicted octanol–water partition coefficient (Wildman–Crippen LogP) is 3.16. The molecule has 0 saturated heterocycles. The van der Waals surface area contributed by atoms with E-state index in [1.54, 1.807) is 11.8 Å². The van der Waals surface area contributed by atoms with Crippen LogP contribution in [0.2, 0.25) is 0 Å². The highest BCUT2D eigenvalue weighted by Crippen LogP contribution is 2.35. The standard InChI is InChI=1S/C24H25N7O3S/c1-14-19-23(34-3)28-18(13-33-2)29-24(19)35-20(14)22(32)27-11-7-10-17-16(12-25)21(26)31(30-17)15-8-5-4-6-9-15/h4-6,8-9H,7,10-11,13,26H2,1-3H3,(H,27,32). The van der Waals surface area contributed by atoms with Gasteiger partial charge in [0.2, 0.25) is 5.88 Å². The number of methoxy groups -OCH3 is 2. The van der Waals surface area contributed by atoms with E-state index in [0.29, 0.717) is 57.9 Å². The van der Waals surface area contributed by atoms with Gasteiger partial charge in [-0.05, 0) is 37.5 Å². The van der Waals surface area contributed by atoms with Gasteiger partial charge in [0, 0.05) is 13.7 Å². The summed E-state index contributed by atoms with van der Waals surface area (Å²) in [6.45, 7) is 2.51. The summed E-state index contributed by atoms with van der Waals surface area (Å²) in [7, 11) is 3.11. The van der Waals surface area contributed by atoms with E-state index in [0.717, 1.165) is 16.6 Å². The van der Waals surface area contributed by atoms with Crippen molar-refractivity contribution in [3.8, 4) is 17.6 Å². The minimum atomic E-state index is -0.198. The number of aromatic nitrogens is 4. The molecular formula is C24H25N7O3S. The Labute approximate surface area is 206 Å². The minimum absolute atomic E-state index is 0.198. The van der Waals surface area contributed by atoms with Crippen LogP contribution in [0.3, 0.4) is 0 Å². The van der Waals surface area contributed by atoms with Crippen LogP contribution < -0.4 is 15.8 Å². The fourth-order valence-corrected chi connectivity index (χ4v) is 4.89. The van der Waals surface area contributed by atoms with Gasteiger partial charge in [-0.1, -0.05) is 18.2 Å². The lowest BCUT2D eigenvalue weighted by atomic mass is 10.1. The van der Waals surface area contributed by atoms with Gasteiger partial charge in [-0.3, -0.25) is 4.79 Å². The lowest BCUT2D eigenvalue weighted by Gasteiger charge is -2.05. The van der Waals surface area contributed by atoms with Crippen molar-refractivity contribution in [1.82, 2.24) is 25.1 Å². The van der Waals surface area contributed by atoms with Crippen molar-refractivity contribution in [2.75, 3.05) is 26.5 Å². The van der Waals surface area contributed by atoms with E-state index in [1.165, 1.54) is 18.4 Å². The zero-order chi connectivity index (χ0) is 24.9. The van der Waals surface area contributed by atoms with Crippen LogP contribution in [-0.4, -0.2) is 46.4 Å². The number of thiophene rings is 1. The summed E-state index contributed by atoms with van der Waals surface area (Å²) < 4.78 is 12.1. The van der Waals surface area contributed by atoms with E-state index in [1.807, 2.05) is 37.3 Å². The Hall–Kier alpha value is -4.01. The predicted molar refractivity (Wildman–Crippen MR) is 133 cm³/mol. The second kappa shape index (κ2) is 10.5. The molecule has 1 amide bonds. The lowest BCUT2D eigenvalue weighted by molar-refractivity contribution is 0.0957. The molecule has 0 fully saturated rings. The highest BCUT2D eigenvalue weighted by molar-refractivity contribution is 7.20. The van der Waals surface area contributed by atoms with Gasteiger partial charge in [0.1, 0.15) is 28.9 Å². The minimum Gasteiger partial charge on any atom is -0.480 e. The van der Waals surface area contributed by atoms with Gasteiger partial charge in [0.15, 0.2) is 5.82 Å². The molecule has 3 heterocycles. The van der Waals surface area contributed by atoms with Crippen molar-refractivity contribution in [2.24, 2.45) is 0 Å². The van der Waals surface area contributed by atoms with Crippen LogP contribution in [0.15, 0.2) is 30.3 Å². The van der Waals surface area contributed by atoms with Crippen molar-refractivity contribution in [1.29, 1.82) is 5.26 Å². The fourth-order valence-electron chi connectivity index (χ4n) is 3.78. The molecule has 0 bridgehead atoms. The fraction of sp³-hybridized carbons (Fsp3) is 0.292. The Morgan fingerprint density at radius 3 is 2.71 bits per heavy atom. The van der Waals surface area contributed by atoms with Crippen LogP contribution in [0.5, 0.6) is 5.88 Å². The molecule has 11 heteroatoms. The number of fused-ring (bicyclic) bond motifs is 1. The molecule has 0 radical (unpaired) electrons. The highest BCUT2D eigenvalue weighted by atomic mass is 32.1. The second-order valence-electron chi connectivity index (χ2n) is 7.74. The number of nitrogens with zero attached hydrogens (tertiary/aromatic N) is 5. The van der Waals surface area contributed by atoms with E-state index >= 15 is 0 Å². The number of amides is 1. The maximum absolute atomic E-state index is 12.9. The smallest absolute Gasteiger partial charge is 0.261 e. The average molecular weight is 492 g/mol. The van der Waals surface area contributed by atoms with E-state index in [-0.39, 0.29) is 12.5 Å². The molecule has 0 atom stereocenters. The van der Waals surface area contributed by atoms with E-state index in [9.17, 15) is 10.1 Å². The largest absolute Gasteiger partial charge is 0.480 e. The first-order valence-electron chi connectivity index (χ1n) is 10.9. The molecule has 10 nitrogen and oxygen atoms in total. The topological polar surface area (TPSA) is 141 Å². The summed E-state index contributed by atoms with van der Waals surface area (Å²) in [5.41, 5.74) is 8.68. The van der Waals surface area contributed by atoms with Crippen molar-refractivity contribution in [3.05, 3.63) is 57.9 Å². The van der Waals surface area contributed by atoms with Gasteiger partial charge in [-0.2, -0.15) is 15.3 Å². The number of ether oxygens (including phenoxy) is 2. The third kappa shape index (κ3) is 4.80. The Balaban J connectivity index is 1.45. The first-order chi connectivity index (χ1) is 17.0. The van der Waals surface area contributed by atoms with Crippen LogP contribution >= 0.6 is 11.3 Å². The van der Waals surface area contributed by atoms with Crippen LogP contribution in [0.4, 0.5) is 5.82 Å². The number of nitrogen functional groups attached to an aromatic ring is 1. The normalized spacial score (nSPS) is 10.9. The Morgan fingerprint density at radius 1 is 1.26 bits per heavy atom. The van der Waals surface area contributed by atoms with Crippen LogP contribution in [0, 0.1) is 18.3 Å². The van der Waals surface area contributed by atoms with Crippen molar-refractivity contribution in [2.45, 2.75) is 26.4 Å². The first-order valence-corrected chi connectivity index (χ1v) is 11.7. The Morgan fingerprint density at radius 2 is 2.03 bits per heavy atom. The van der Waals surface area contributed by atoms with Crippen molar-refractivity contribution >= 4 is 33.3 Å². The first kappa shape index (κ1) is 24.1. The summed E-state index contributed by atoms with van der Waals surface area (Å²) >= 11 is 1.29. The van der Waals surface area contributed by atoms with Gasteiger partial charge >= 0.3 is 0 Å². The molecule has 3 aromatic heterocycles. The number of hydrogen-bond acceptors (Lipinski definition) is 9. The molecule has 1 aromatic carbocycles. The molecule has 0 aliphatic heterocycles. The number of aryl methyl sites for hydroxylation is 2. The number of hydrogen-bond donors (Lipinski definition) is 2. The summed E-state index contributed by atoms with van der Waals surface area (Å²) in [6.07, 6.45) is 1.09. The van der Waals surface area contributed by atoms with Crippen molar-refractivity contribution < 1.29 is 14.3 Å². The number of carbonyl (C=O) groups is 1. The van der Waals surface area contributed by atoms with Gasteiger partial charge < -0.3 is 20.5 Å². The molecule has 0 aliphatic rings. The van der Waals surface area contributed by atoms with Gasteiger partial charge in [0.05, 0.1) is 28.8 Å². The molecule has 0 saturated carbocycles. The van der Waals surface area contributed by atoms with Gasteiger partial charge in [0.25, 0.3) is 5.91 Å². The van der Waals surface area contributed by atoms with Crippen molar-refractivity contribution in [3.63, 3.8) is 0 Å². The van der Waals surface area contributed by atoms with Crippen LogP contribution in [0.1, 0.15) is 38.7 Å². The SMILES string of the molecule is COCc1nc(OC)c2c(C)c(C(=O)NCCCc3nn(-c4ccccc4)c(N)c3C#N)sc2n1. The zero-order valence-corrected chi connectivity index (χ0v) is 20.5. The summed E-state index contributed by atoms with van der Waals surface area (Å²) in [6, 6.07) is 11.6. The molecule has 35 heavy (non-hydrogen) atoms. The summed E-state index contributed by atoms with van der Waals surface area (Å²) in [5, 5.41) is 17.8. The number of nitrogens with one attached hydrogen (secondary N) is 1. The Kier molecular flexibility index (Phi) is 7.24. The van der Waals surface area contributed by atoms with E-state index < -0.39 is 0 Å². The maximum Gasteiger partial charge on any atom is 0.261 e. The lowest BCUT2D eigenvalue weighted by Crippen LogP contribution is -2.24. The molecule has 4 aromatic rings. The molecule has 0 aliphatic carbocycles. The second-order valence-corrected chi connectivity index (χ2v) is 8.74. The summed E-state index contributed by atoms with van der Waals surface area (Å²) in [4.78, 5) is 23.0. The van der Waals surface area contributed by atoms with E-state index in [4.69, 9.17) is 15.2 Å². The average Bonchev–Trinajstić information content (AvgIpc) is 3.38. The summed E-state index contributed by atoms with van der Waals surface area (Å²) in [5.74, 6) is 1.02. The molecular weight excluding hydrogens is 466 g/mol. The number of para-hydroxylation sites is 1. The molecule has 4 rings (SSSR count). The zero-order valence-electron chi connectivity index (χ0n) is 19.7. The van der Waals surface area contributed by atoms with Gasteiger partial charge in [-0.25, -0.2) is 9.67 Å². The van der Waals surface area contributed by atoms with Crippen LogP contribution in [0.25, 0.3) is 15.9 Å². The quantitative estimate of drug-likeness (QED) is 0.340. The van der Waals surface area contributed by atoms with Gasteiger partial charge in [-0.15, -0.1) is 11.3 Å². The number of anilines is 1. The number of carbonyl (C=O) groups excluding carboxylic acids is 1. The highest BCUT2D eigenvalue weighted by Gasteiger charge is 2.21. The van der Waals surface area contributed by atoms with Crippen LogP contribution in [-0.2, 0) is 17.8 Å².